The van der Waals surface area contributed by atoms with Gasteiger partial charge in [0.2, 0.25) is 0 Å². The summed E-state index contributed by atoms with van der Waals surface area (Å²) in [6.45, 7) is 0.641. The lowest BCUT2D eigenvalue weighted by Crippen LogP contribution is -2.37. The number of fused-ring (bicyclic) bond motifs is 1. The number of rotatable bonds is 3. The second-order valence-electron chi connectivity index (χ2n) is 5.19. The van der Waals surface area contributed by atoms with Gasteiger partial charge in [-0.15, -0.1) is 0 Å². The lowest BCUT2D eigenvalue weighted by molar-refractivity contribution is 0.0747. The van der Waals surface area contributed by atoms with Gasteiger partial charge in [0.15, 0.2) is 17.6 Å². The zero-order valence-corrected chi connectivity index (χ0v) is 12.2. The molecule has 0 radical (unpaired) electrons. The van der Waals surface area contributed by atoms with E-state index in [9.17, 15) is 4.79 Å². The van der Waals surface area contributed by atoms with Crippen molar-refractivity contribution in [3.63, 3.8) is 0 Å². The predicted molar refractivity (Wildman–Crippen MR) is 82.0 cm³/mol. The van der Waals surface area contributed by atoms with Crippen molar-refractivity contribution in [3.05, 3.63) is 65.1 Å². The molecule has 1 aliphatic rings. The molecule has 3 aromatic rings. The van der Waals surface area contributed by atoms with Gasteiger partial charge >= 0.3 is 5.69 Å². The number of nitrogens with zero attached hydrogens (tertiary/aromatic N) is 4. The molecule has 0 aliphatic carbocycles. The molecule has 1 aliphatic heterocycles. The molecule has 2 aromatic carbocycles. The Morgan fingerprint density at radius 3 is 2.57 bits per heavy atom. The summed E-state index contributed by atoms with van der Waals surface area (Å²) in [5, 5.41) is 7.84. The lowest BCUT2D eigenvalue weighted by atomic mass is 10.2. The van der Waals surface area contributed by atoms with Crippen molar-refractivity contribution >= 4 is 0 Å². The van der Waals surface area contributed by atoms with Crippen LogP contribution in [0.25, 0.3) is 5.69 Å². The first kappa shape index (κ1) is 13.6. The fourth-order valence-corrected chi connectivity index (χ4v) is 2.47. The van der Waals surface area contributed by atoms with E-state index in [1.807, 2.05) is 42.5 Å². The van der Waals surface area contributed by atoms with Crippen LogP contribution >= 0.6 is 0 Å². The Hall–Kier alpha value is -3.09. The van der Waals surface area contributed by atoms with Crippen LogP contribution in [0.4, 0.5) is 0 Å². The molecule has 2 heterocycles. The standard InChI is InChI=1S/C16H14N4O3/c21-16-19(17-18-20(16)12-6-2-1-3-7-12)10-13-11-22-14-8-4-5-9-15(14)23-13/h1-9,13H,10-11H2/t13-/m0/s1. The van der Waals surface area contributed by atoms with E-state index in [0.29, 0.717) is 23.8 Å². The Bertz CT molecular complexity index is 872. The smallest absolute Gasteiger partial charge is 0.368 e. The molecule has 0 bridgehead atoms. The number of hydrogen-bond donors (Lipinski definition) is 0. The van der Waals surface area contributed by atoms with Crippen molar-refractivity contribution in [1.82, 2.24) is 19.8 Å². The lowest BCUT2D eigenvalue weighted by Gasteiger charge is -2.25. The van der Waals surface area contributed by atoms with Crippen LogP contribution in [0.3, 0.4) is 0 Å². The molecule has 116 valence electrons. The number of ether oxygens (including phenoxy) is 2. The third kappa shape index (κ3) is 2.57. The Morgan fingerprint density at radius 2 is 1.74 bits per heavy atom. The number of tetrazole rings is 1. The molecule has 1 aromatic heterocycles. The van der Waals surface area contributed by atoms with Crippen LogP contribution in [0.5, 0.6) is 11.5 Å². The van der Waals surface area contributed by atoms with E-state index in [0.717, 1.165) is 0 Å². The molecule has 23 heavy (non-hydrogen) atoms. The van der Waals surface area contributed by atoms with Crippen LogP contribution in [0.2, 0.25) is 0 Å². The summed E-state index contributed by atoms with van der Waals surface area (Å²) in [7, 11) is 0. The predicted octanol–water partition coefficient (Wildman–Crippen LogP) is 1.27. The highest BCUT2D eigenvalue weighted by molar-refractivity contribution is 5.40. The summed E-state index contributed by atoms with van der Waals surface area (Å²) >= 11 is 0. The summed E-state index contributed by atoms with van der Waals surface area (Å²) < 4.78 is 14.0. The van der Waals surface area contributed by atoms with Crippen LogP contribution in [0.1, 0.15) is 0 Å². The van der Waals surface area contributed by atoms with Crippen LogP contribution < -0.4 is 15.2 Å². The minimum absolute atomic E-state index is 0.278. The molecule has 7 nitrogen and oxygen atoms in total. The van der Waals surface area contributed by atoms with Gasteiger partial charge in [-0.05, 0) is 34.7 Å². The largest absolute Gasteiger partial charge is 0.486 e. The Labute approximate surface area is 131 Å². The maximum absolute atomic E-state index is 12.4. The molecule has 1 atom stereocenters. The average Bonchev–Trinajstić information content (AvgIpc) is 2.96. The molecule has 7 heteroatoms. The highest BCUT2D eigenvalue weighted by Gasteiger charge is 2.23. The van der Waals surface area contributed by atoms with Crippen molar-refractivity contribution in [1.29, 1.82) is 0 Å². The molecule has 4 rings (SSSR count). The SMILES string of the molecule is O=c1n(C[C@H]2COc3ccccc3O2)nnn1-c1ccccc1. The minimum atomic E-state index is -0.307. The monoisotopic (exact) mass is 310 g/mol. The van der Waals surface area contributed by atoms with E-state index in [-0.39, 0.29) is 18.3 Å². The first-order chi connectivity index (χ1) is 11.3. The van der Waals surface area contributed by atoms with Crippen molar-refractivity contribution in [2.75, 3.05) is 6.61 Å². The average molecular weight is 310 g/mol. The van der Waals surface area contributed by atoms with Crippen LogP contribution in [-0.4, -0.2) is 32.5 Å². The molecule has 0 saturated heterocycles. The van der Waals surface area contributed by atoms with E-state index in [4.69, 9.17) is 9.47 Å². The zero-order valence-electron chi connectivity index (χ0n) is 12.2. The van der Waals surface area contributed by atoms with Gasteiger partial charge in [0.05, 0.1) is 12.2 Å². The second-order valence-corrected chi connectivity index (χ2v) is 5.19. The summed E-state index contributed by atoms with van der Waals surface area (Å²) in [4.78, 5) is 12.4. The van der Waals surface area contributed by atoms with E-state index in [1.165, 1.54) is 9.36 Å². The Kier molecular flexibility index (Phi) is 3.30. The number of para-hydroxylation sites is 3. The third-order valence-electron chi connectivity index (χ3n) is 3.58. The first-order valence-corrected chi connectivity index (χ1v) is 7.28. The highest BCUT2D eigenvalue weighted by Crippen LogP contribution is 2.30. The molecular weight excluding hydrogens is 296 g/mol. The van der Waals surface area contributed by atoms with Crippen molar-refractivity contribution in [2.24, 2.45) is 0 Å². The fourth-order valence-electron chi connectivity index (χ4n) is 2.47. The first-order valence-electron chi connectivity index (χ1n) is 7.28. The van der Waals surface area contributed by atoms with Crippen molar-refractivity contribution in [2.45, 2.75) is 12.6 Å². The van der Waals surface area contributed by atoms with Gasteiger partial charge in [-0.25, -0.2) is 4.79 Å². The number of benzene rings is 2. The number of hydrogen-bond acceptors (Lipinski definition) is 5. The maximum Gasteiger partial charge on any atom is 0.368 e. The fraction of sp³-hybridized carbons (Fsp3) is 0.188. The van der Waals surface area contributed by atoms with Gasteiger partial charge in [-0.2, -0.15) is 9.36 Å². The number of aromatic nitrogens is 4. The summed E-state index contributed by atoms with van der Waals surface area (Å²) in [6.07, 6.45) is -0.288. The molecule has 0 saturated carbocycles. The maximum atomic E-state index is 12.4. The quantitative estimate of drug-likeness (QED) is 0.728. The van der Waals surface area contributed by atoms with Crippen LogP contribution in [0.15, 0.2) is 59.4 Å². The van der Waals surface area contributed by atoms with E-state index >= 15 is 0 Å². The zero-order chi connectivity index (χ0) is 15.6. The third-order valence-corrected chi connectivity index (χ3v) is 3.58. The van der Waals surface area contributed by atoms with Crippen molar-refractivity contribution < 1.29 is 9.47 Å². The minimum Gasteiger partial charge on any atom is -0.486 e. The van der Waals surface area contributed by atoms with Crippen LogP contribution in [-0.2, 0) is 6.54 Å². The normalized spacial score (nSPS) is 16.3. The highest BCUT2D eigenvalue weighted by atomic mass is 16.6. The van der Waals surface area contributed by atoms with Gasteiger partial charge < -0.3 is 9.47 Å². The Morgan fingerprint density at radius 1 is 1.00 bits per heavy atom. The topological polar surface area (TPSA) is 71.2 Å². The summed E-state index contributed by atoms with van der Waals surface area (Å²) in [6, 6.07) is 16.6. The Balaban J connectivity index is 1.55. The molecule has 0 spiro atoms. The van der Waals surface area contributed by atoms with Gasteiger partial charge in [0, 0.05) is 0 Å². The van der Waals surface area contributed by atoms with E-state index in [2.05, 4.69) is 10.4 Å². The van der Waals surface area contributed by atoms with Gasteiger partial charge in [-0.3, -0.25) is 0 Å². The van der Waals surface area contributed by atoms with Crippen molar-refractivity contribution in [3.8, 4) is 17.2 Å². The molecule has 0 N–H and O–H groups in total. The van der Waals surface area contributed by atoms with E-state index < -0.39 is 0 Å². The van der Waals surface area contributed by atoms with Crippen LogP contribution in [0, 0.1) is 0 Å². The van der Waals surface area contributed by atoms with Gasteiger partial charge in [0.25, 0.3) is 0 Å². The van der Waals surface area contributed by atoms with Gasteiger partial charge in [0.1, 0.15) is 6.61 Å². The summed E-state index contributed by atoms with van der Waals surface area (Å²) in [5.41, 5.74) is 0.369. The molecule has 0 amide bonds. The summed E-state index contributed by atoms with van der Waals surface area (Å²) in [5.74, 6) is 1.39. The van der Waals surface area contributed by atoms with E-state index in [1.54, 1.807) is 12.1 Å². The molecule has 0 fully saturated rings. The molecular formula is C16H14N4O3. The molecule has 0 unspecified atom stereocenters. The second kappa shape index (κ2) is 5.60. The van der Waals surface area contributed by atoms with Gasteiger partial charge in [-0.1, -0.05) is 30.3 Å².